The quantitative estimate of drug-likeness (QED) is 0.193. The minimum Gasteiger partial charge on any atom is -0.494 e. The average Bonchev–Trinajstić information content (AvgIpc) is 3.43. The molecule has 0 aliphatic heterocycles. The zero-order valence-electron chi connectivity index (χ0n) is 26.0. The normalized spacial score (nSPS) is 12.6. The zero-order valence-corrected chi connectivity index (χ0v) is 28.5. The van der Waals surface area contributed by atoms with E-state index in [1.165, 1.54) is 25.9 Å². The van der Waals surface area contributed by atoms with E-state index in [-0.39, 0.29) is 46.3 Å². The minimum absolute atomic E-state index is 0.0747. The maximum absolute atomic E-state index is 14.3. The van der Waals surface area contributed by atoms with Gasteiger partial charge in [-0.15, -0.1) is 10.2 Å². The Balaban J connectivity index is 1.96. The third-order valence-electron chi connectivity index (χ3n) is 6.80. The highest BCUT2D eigenvalue weighted by Gasteiger charge is 2.35. The van der Waals surface area contributed by atoms with Crippen LogP contribution in [0, 0.1) is 5.82 Å². The number of aliphatic hydroxyl groups excluding tert-OH is 1. The summed E-state index contributed by atoms with van der Waals surface area (Å²) in [5.74, 6) is -0.557. The van der Waals surface area contributed by atoms with E-state index in [1.54, 1.807) is 36.4 Å². The van der Waals surface area contributed by atoms with Gasteiger partial charge in [-0.25, -0.2) is 30.5 Å². The molecule has 0 aliphatic rings. The molecule has 0 amide bonds. The fraction of sp³-hybridized carbons (Fsp3) is 0.345. The molecule has 0 aliphatic carbocycles. The Morgan fingerprint density at radius 2 is 1.61 bits per heavy atom. The Morgan fingerprint density at radius 1 is 0.957 bits per heavy atom. The Labute approximate surface area is 270 Å². The molecule has 0 fully saturated rings. The van der Waals surface area contributed by atoms with Crippen molar-refractivity contribution in [1.29, 1.82) is 0 Å². The highest BCUT2D eigenvalue weighted by Crippen LogP contribution is 2.39. The summed E-state index contributed by atoms with van der Waals surface area (Å²) in [7, 11) is -4.41. The van der Waals surface area contributed by atoms with Crippen molar-refractivity contribution in [3.63, 3.8) is 0 Å². The van der Waals surface area contributed by atoms with Crippen LogP contribution in [0.15, 0.2) is 59.5 Å². The number of pyridine rings is 1. The number of sulfone groups is 1. The molecule has 0 bridgehead atoms. The molecule has 1 N–H and O–H groups in total. The Kier molecular flexibility index (Phi) is 10.8. The molecule has 0 saturated carbocycles. The van der Waals surface area contributed by atoms with Gasteiger partial charge in [-0.05, 0) is 41.2 Å². The van der Waals surface area contributed by atoms with Gasteiger partial charge in [-0.3, -0.25) is 4.57 Å². The molecule has 2 aromatic heterocycles. The van der Waals surface area contributed by atoms with E-state index in [9.17, 15) is 26.3 Å². The number of benzene rings is 2. The summed E-state index contributed by atoms with van der Waals surface area (Å²) in [5, 5.41) is 19.8. The van der Waals surface area contributed by atoms with Crippen LogP contribution in [0.5, 0.6) is 17.4 Å². The molecule has 2 heterocycles. The standard InChI is InChI=1S/C29H35FN5O8S3/c1-41-23-10-8-11-24(42-2)27(23)35-28(21-9-7-12-26(31-21)43-3)32-33-29(35)34(15-16-44(4)5)46(39,40)18-22(36)20-14-13-19(30)17-25(20)45(6,37)38/h7-14,17,22,36H,15-16,18H2,1-6H3/q+1/t22-/m0/s1. The predicted molar refractivity (Wildman–Crippen MR) is 174 cm³/mol. The van der Waals surface area contributed by atoms with Crippen LogP contribution in [-0.2, 0) is 30.8 Å². The topological polar surface area (TPSA) is 163 Å². The van der Waals surface area contributed by atoms with Gasteiger partial charge in [-0.1, -0.05) is 18.2 Å². The largest absolute Gasteiger partial charge is 0.494 e. The summed E-state index contributed by atoms with van der Waals surface area (Å²) in [4.78, 5) is 3.96. The summed E-state index contributed by atoms with van der Waals surface area (Å²) in [6.07, 6.45) is 2.89. The minimum atomic E-state index is -4.49. The van der Waals surface area contributed by atoms with Gasteiger partial charge in [0.15, 0.2) is 15.7 Å². The number of nitrogens with zero attached hydrogens (tertiary/aromatic N) is 5. The fourth-order valence-electron chi connectivity index (χ4n) is 4.63. The first kappa shape index (κ1) is 34.9. The molecule has 0 unspecified atom stereocenters. The summed E-state index contributed by atoms with van der Waals surface area (Å²) < 4.78 is 86.4. The zero-order chi connectivity index (χ0) is 33.8. The Hall–Kier alpha value is -3.93. The Bertz CT molecular complexity index is 1900. The molecule has 0 spiro atoms. The van der Waals surface area contributed by atoms with E-state index in [0.29, 0.717) is 22.9 Å². The van der Waals surface area contributed by atoms with Crippen molar-refractivity contribution in [2.75, 3.05) is 62.5 Å². The number of rotatable bonds is 14. The molecule has 0 saturated heterocycles. The smallest absolute Gasteiger partial charge is 0.246 e. The SMILES string of the molecule is COc1cccc(-c2nnc(N(CC[S+](C)C)S(=O)(=O)C[C@H](O)c3ccc(F)cc3S(C)(=O)=O)n2-c2c(OC)cccc2OC)n1. The summed E-state index contributed by atoms with van der Waals surface area (Å²) in [6.45, 7) is -0.0747. The maximum atomic E-state index is 14.3. The molecular formula is C29H35FN5O8S3+. The second-order valence-electron chi connectivity index (χ2n) is 10.2. The number of methoxy groups -OCH3 is 3. The predicted octanol–water partition coefficient (Wildman–Crippen LogP) is 2.65. The van der Waals surface area contributed by atoms with Crippen LogP contribution in [0.25, 0.3) is 17.2 Å². The van der Waals surface area contributed by atoms with Crippen molar-refractivity contribution in [2.45, 2.75) is 11.0 Å². The van der Waals surface area contributed by atoms with Gasteiger partial charge in [0.2, 0.25) is 21.9 Å². The second kappa shape index (κ2) is 14.2. The van der Waals surface area contributed by atoms with Crippen molar-refractivity contribution in [3.05, 3.63) is 66.0 Å². The Morgan fingerprint density at radius 3 is 2.20 bits per heavy atom. The lowest BCUT2D eigenvalue weighted by Gasteiger charge is -2.26. The molecule has 46 heavy (non-hydrogen) atoms. The molecule has 17 heteroatoms. The van der Waals surface area contributed by atoms with Crippen LogP contribution < -0.4 is 18.5 Å². The van der Waals surface area contributed by atoms with E-state index in [1.807, 2.05) is 12.5 Å². The van der Waals surface area contributed by atoms with E-state index in [0.717, 1.165) is 28.8 Å². The lowest BCUT2D eigenvalue weighted by molar-refractivity contribution is 0.198. The first-order chi connectivity index (χ1) is 21.7. The number of halogens is 1. The molecule has 4 rings (SSSR count). The van der Waals surface area contributed by atoms with Crippen LogP contribution in [0.3, 0.4) is 0 Å². The van der Waals surface area contributed by atoms with Gasteiger partial charge in [0, 0.05) is 17.9 Å². The highest BCUT2D eigenvalue weighted by atomic mass is 32.2. The fourth-order valence-corrected chi connectivity index (χ4v) is 7.74. The van der Waals surface area contributed by atoms with Gasteiger partial charge in [0.1, 0.15) is 34.5 Å². The second-order valence-corrected chi connectivity index (χ2v) is 16.5. The van der Waals surface area contributed by atoms with Crippen LogP contribution in [-0.4, -0.2) is 99.8 Å². The average molecular weight is 697 g/mol. The molecule has 248 valence electrons. The van der Waals surface area contributed by atoms with Crippen LogP contribution >= 0.6 is 0 Å². The van der Waals surface area contributed by atoms with Gasteiger partial charge >= 0.3 is 0 Å². The molecule has 13 nitrogen and oxygen atoms in total. The van der Waals surface area contributed by atoms with Gasteiger partial charge in [0.05, 0.1) is 57.1 Å². The van der Waals surface area contributed by atoms with Crippen molar-refractivity contribution < 1.29 is 40.5 Å². The van der Waals surface area contributed by atoms with Crippen molar-refractivity contribution >= 4 is 36.7 Å². The highest BCUT2D eigenvalue weighted by molar-refractivity contribution is 7.95. The summed E-state index contributed by atoms with van der Waals surface area (Å²) >= 11 is 0. The van der Waals surface area contributed by atoms with E-state index < -0.39 is 42.4 Å². The molecule has 2 aromatic carbocycles. The summed E-state index contributed by atoms with van der Waals surface area (Å²) in [6, 6.07) is 12.7. The van der Waals surface area contributed by atoms with Crippen molar-refractivity contribution in [2.24, 2.45) is 0 Å². The number of aromatic nitrogens is 4. The third-order valence-corrected chi connectivity index (χ3v) is 10.7. The van der Waals surface area contributed by atoms with Crippen molar-refractivity contribution in [1.82, 2.24) is 19.7 Å². The van der Waals surface area contributed by atoms with Crippen LogP contribution in [0.4, 0.5) is 10.3 Å². The number of sulfonamides is 1. The van der Waals surface area contributed by atoms with E-state index in [4.69, 9.17) is 14.2 Å². The lowest BCUT2D eigenvalue weighted by atomic mass is 10.1. The van der Waals surface area contributed by atoms with Gasteiger partial charge < -0.3 is 19.3 Å². The number of anilines is 1. The van der Waals surface area contributed by atoms with Gasteiger partial charge in [-0.2, -0.15) is 0 Å². The first-order valence-electron chi connectivity index (χ1n) is 13.6. The van der Waals surface area contributed by atoms with Crippen LogP contribution in [0.1, 0.15) is 11.7 Å². The lowest BCUT2D eigenvalue weighted by Crippen LogP contribution is -2.40. The van der Waals surface area contributed by atoms with Gasteiger partial charge in [0.25, 0.3) is 0 Å². The molecular weight excluding hydrogens is 662 g/mol. The third kappa shape index (κ3) is 7.54. The van der Waals surface area contributed by atoms with Crippen LogP contribution in [0.2, 0.25) is 0 Å². The number of hydrogen-bond donors (Lipinski definition) is 1. The monoisotopic (exact) mass is 696 g/mol. The van der Waals surface area contributed by atoms with E-state index >= 15 is 0 Å². The van der Waals surface area contributed by atoms with E-state index in [2.05, 4.69) is 15.2 Å². The number of aliphatic hydroxyl groups is 1. The molecule has 4 aromatic rings. The number of hydrogen-bond acceptors (Lipinski definition) is 11. The summed E-state index contributed by atoms with van der Waals surface area (Å²) in [5.41, 5.74) is 0.309. The molecule has 1 atom stereocenters. The maximum Gasteiger partial charge on any atom is 0.246 e. The van der Waals surface area contributed by atoms with Crippen molar-refractivity contribution in [3.8, 4) is 34.6 Å². The molecule has 0 radical (unpaired) electrons. The first-order valence-corrected chi connectivity index (χ1v) is 19.3. The number of para-hydroxylation sites is 1. The number of ether oxygens (including phenoxy) is 3.